The first-order valence-electron chi connectivity index (χ1n) is 13.8. The lowest BCUT2D eigenvalue weighted by atomic mass is 9.91. The van der Waals surface area contributed by atoms with Crippen LogP contribution < -0.4 is 0 Å². The largest absolute Gasteiger partial charge is 0.743 e. The summed E-state index contributed by atoms with van der Waals surface area (Å²) in [6.07, 6.45) is 3.63. The van der Waals surface area contributed by atoms with Gasteiger partial charge in [-0.25, -0.2) is 8.42 Å². The molecule has 0 saturated carbocycles. The van der Waals surface area contributed by atoms with Crippen molar-refractivity contribution in [2.75, 3.05) is 26.2 Å². The van der Waals surface area contributed by atoms with Crippen molar-refractivity contribution in [1.82, 2.24) is 0 Å². The normalized spacial score (nSPS) is 15.1. The van der Waals surface area contributed by atoms with E-state index < -0.39 is 57.1 Å². The van der Waals surface area contributed by atoms with E-state index >= 15 is 0 Å². The number of halogens is 17. The summed E-state index contributed by atoms with van der Waals surface area (Å²) in [6.45, 7) is 14.7. The van der Waals surface area contributed by atoms with Gasteiger partial charge in [0.15, 0.2) is 10.1 Å². The lowest BCUT2D eigenvalue weighted by molar-refractivity contribution is -0.923. The van der Waals surface area contributed by atoms with Crippen molar-refractivity contribution < 1.29 is 92.1 Å². The molecular formula is C24H36F17NO3S. The summed E-state index contributed by atoms with van der Waals surface area (Å²) in [5.41, 5.74) is 0. The molecule has 0 aromatic carbocycles. The fourth-order valence-corrected chi connectivity index (χ4v) is 4.47. The Labute approximate surface area is 255 Å². The van der Waals surface area contributed by atoms with E-state index in [4.69, 9.17) is 0 Å². The minimum absolute atomic E-state index is 1.31. The minimum atomic E-state index is -8.92. The Kier molecular flexibility index (Phi) is 16.2. The summed E-state index contributed by atoms with van der Waals surface area (Å²) in [7, 11) is -8.14. The van der Waals surface area contributed by atoms with Crippen LogP contribution in [0.15, 0.2) is 0 Å². The average Bonchev–Trinajstić information content (AvgIpc) is 2.91. The first-order valence-corrected chi connectivity index (χ1v) is 15.2. The zero-order valence-corrected chi connectivity index (χ0v) is 25.8. The van der Waals surface area contributed by atoms with Crippen molar-refractivity contribution in [3.63, 3.8) is 0 Å². The predicted molar refractivity (Wildman–Crippen MR) is 130 cm³/mol. The van der Waals surface area contributed by atoms with Crippen molar-refractivity contribution >= 4 is 10.1 Å². The molecule has 0 aliphatic rings. The third kappa shape index (κ3) is 9.02. The molecule has 0 radical (unpaired) electrons. The van der Waals surface area contributed by atoms with Crippen LogP contribution in [0, 0.1) is 0 Å². The second kappa shape index (κ2) is 15.9. The number of hydrogen-bond acceptors (Lipinski definition) is 3. The molecule has 0 rings (SSSR count). The Morgan fingerprint density at radius 2 is 0.739 bits per heavy atom. The Bertz CT molecular complexity index is 1020. The van der Waals surface area contributed by atoms with E-state index in [1.54, 1.807) is 0 Å². The second-order valence-electron chi connectivity index (χ2n) is 10.4. The Hall–Kier alpha value is -1.32. The third-order valence-corrected chi connectivity index (χ3v) is 8.39. The average molecular weight is 742 g/mol. The lowest BCUT2D eigenvalue weighted by Gasteiger charge is -2.42. The smallest absolute Gasteiger partial charge is 0.460 e. The van der Waals surface area contributed by atoms with Crippen LogP contribution in [-0.2, 0) is 10.1 Å². The molecule has 0 atom stereocenters. The van der Waals surface area contributed by atoms with Gasteiger partial charge in [0.25, 0.3) is 0 Å². The van der Waals surface area contributed by atoms with E-state index in [1.165, 1.54) is 82.0 Å². The number of rotatable bonds is 19. The number of hydrogen-bond donors (Lipinski definition) is 0. The molecule has 0 aromatic rings. The van der Waals surface area contributed by atoms with E-state index in [9.17, 15) is 87.6 Å². The van der Waals surface area contributed by atoms with Crippen molar-refractivity contribution in [2.45, 2.75) is 126 Å². The van der Waals surface area contributed by atoms with Crippen molar-refractivity contribution in [3.8, 4) is 0 Å². The van der Waals surface area contributed by atoms with Gasteiger partial charge in [-0.3, -0.25) is 0 Å². The highest BCUT2D eigenvalue weighted by Gasteiger charge is 2.95. The monoisotopic (exact) mass is 741 g/mol. The van der Waals surface area contributed by atoms with Gasteiger partial charge in [0.2, 0.25) is 0 Å². The number of alkyl halides is 17. The van der Waals surface area contributed by atoms with Gasteiger partial charge in [-0.1, -0.05) is 45.4 Å². The number of quaternary nitrogens is 1. The molecule has 0 amide bonds. The SMILES string of the molecule is CCCCCCCCCC[N+](CC)(CC)CC.O=S(=O)([O-])C(F)(F)C(F)(F)C(F)(F)C(F)(F)C(F)(F)C(F)(F)C(F)(F)C(F)(F)F. The highest BCUT2D eigenvalue weighted by atomic mass is 32.2. The first-order chi connectivity index (χ1) is 20.2. The lowest BCUT2D eigenvalue weighted by Crippen LogP contribution is -2.75. The van der Waals surface area contributed by atoms with Gasteiger partial charge in [0.05, 0.1) is 26.2 Å². The van der Waals surface area contributed by atoms with Crippen molar-refractivity contribution in [1.29, 1.82) is 0 Å². The van der Waals surface area contributed by atoms with E-state index in [0.717, 1.165) is 0 Å². The van der Waals surface area contributed by atoms with Crippen LogP contribution in [0.1, 0.15) is 79.1 Å². The van der Waals surface area contributed by atoms with Crippen molar-refractivity contribution in [3.05, 3.63) is 0 Å². The maximum absolute atomic E-state index is 13.0. The highest BCUT2D eigenvalue weighted by Crippen LogP contribution is 2.64. The van der Waals surface area contributed by atoms with Gasteiger partial charge < -0.3 is 9.04 Å². The summed E-state index contributed by atoms with van der Waals surface area (Å²) in [5, 5.41) is -7.95. The fourth-order valence-electron chi connectivity index (χ4n) is 4.03. The molecule has 0 aliphatic heterocycles. The van der Waals surface area contributed by atoms with Gasteiger partial charge in [0, 0.05) is 0 Å². The molecule has 0 fully saturated rings. The third-order valence-electron chi connectivity index (χ3n) is 7.51. The molecule has 0 N–H and O–H groups in total. The second-order valence-corrected chi connectivity index (χ2v) is 11.8. The topological polar surface area (TPSA) is 57.2 Å². The molecule has 0 spiro atoms. The van der Waals surface area contributed by atoms with Crippen LogP contribution in [0.5, 0.6) is 0 Å². The van der Waals surface area contributed by atoms with E-state index in [-0.39, 0.29) is 0 Å². The molecular weight excluding hydrogens is 705 g/mol. The van der Waals surface area contributed by atoms with E-state index in [2.05, 4.69) is 27.7 Å². The maximum atomic E-state index is 13.0. The first kappa shape index (κ1) is 46.8. The molecule has 0 saturated heterocycles. The Morgan fingerprint density at radius 3 is 1.02 bits per heavy atom. The van der Waals surface area contributed by atoms with Gasteiger partial charge in [-0.05, 0) is 33.6 Å². The van der Waals surface area contributed by atoms with Gasteiger partial charge in [-0.2, -0.15) is 74.6 Å². The predicted octanol–water partition coefficient (Wildman–Crippen LogP) is 9.50. The van der Waals surface area contributed by atoms with E-state index in [0.29, 0.717) is 0 Å². The molecule has 0 heterocycles. The highest BCUT2D eigenvalue weighted by molar-refractivity contribution is 7.86. The zero-order chi connectivity index (χ0) is 37.5. The quantitative estimate of drug-likeness (QED) is 0.0574. The Balaban J connectivity index is 0. The summed E-state index contributed by atoms with van der Waals surface area (Å²) >= 11 is 0. The fraction of sp³-hybridized carbons (Fsp3) is 1.00. The van der Waals surface area contributed by atoms with Crippen LogP contribution in [-0.4, -0.2) is 90.6 Å². The molecule has 0 aromatic heterocycles. The van der Waals surface area contributed by atoms with E-state index in [1.807, 2.05) is 0 Å². The van der Waals surface area contributed by atoms with Crippen LogP contribution in [0.25, 0.3) is 0 Å². The standard InChI is InChI=1S/C16H36N.C8HF17O3S/c1-5-9-10-11-12-13-14-15-16-17(6-2,7-3)8-4;9-1(10,3(13,14)5(17,18)7(21,22)23)2(11,12)4(15,16)6(19,20)8(24,25)29(26,27)28/h5-16H2,1-4H3;(H,26,27,28)/q+1;/p-1. The molecule has 4 nitrogen and oxygen atoms in total. The molecule has 22 heteroatoms. The summed E-state index contributed by atoms with van der Waals surface area (Å²) in [4.78, 5) is 0. The summed E-state index contributed by atoms with van der Waals surface area (Å²) in [5.74, 6) is -52.1. The molecule has 280 valence electrons. The molecule has 0 unspecified atom stereocenters. The van der Waals surface area contributed by atoms with Crippen LogP contribution in [0.2, 0.25) is 0 Å². The molecule has 46 heavy (non-hydrogen) atoms. The van der Waals surface area contributed by atoms with Crippen LogP contribution in [0.3, 0.4) is 0 Å². The van der Waals surface area contributed by atoms with Crippen LogP contribution >= 0.6 is 0 Å². The van der Waals surface area contributed by atoms with Gasteiger partial charge >= 0.3 is 47.0 Å². The summed E-state index contributed by atoms with van der Waals surface area (Å²) in [6, 6.07) is 0. The van der Waals surface area contributed by atoms with Crippen molar-refractivity contribution in [2.24, 2.45) is 0 Å². The number of unbranched alkanes of at least 4 members (excludes halogenated alkanes) is 7. The van der Waals surface area contributed by atoms with Gasteiger partial charge in [0.1, 0.15) is 0 Å². The molecule has 0 aliphatic carbocycles. The summed E-state index contributed by atoms with van der Waals surface area (Å²) < 4.78 is 245. The maximum Gasteiger partial charge on any atom is 0.460 e. The van der Waals surface area contributed by atoms with Gasteiger partial charge in [-0.15, -0.1) is 0 Å². The Morgan fingerprint density at radius 1 is 0.457 bits per heavy atom. The van der Waals surface area contributed by atoms with Crippen LogP contribution in [0.4, 0.5) is 74.6 Å². The minimum Gasteiger partial charge on any atom is -0.743 e. The molecule has 0 bridgehead atoms. The zero-order valence-electron chi connectivity index (χ0n) is 25.0. The number of nitrogens with zero attached hydrogens (tertiary/aromatic N) is 1.